The highest BCUT2D eigenvalue weighted by molar-refractivity contribution is 6.06. The summed E-state index contributed by atoms with van der Waals surface area (Å²) in [5.41, 5.74) is 0.816. The lowest BCUT2D eigenvalue weighted by molar-refractivity contribution is -0.192. The second-order valence-corrected chi connectivity index (χ2v) is 14.2. The van der Waals surface area contributed by atoms with Crippen molar-refractivity contribution in [2.45, 2.75) is 97.8 Å². The van der Waals surface area contributed by atoms with E-state index in [1.165, 1.54) is 11.3 Å². The largest absolute Gasteiger partial charge is 0.445 e. The van der Waals surface area contributed by atoms with Crippen LogP contribution in [-0.4, -0.2) is 53.1 Å². The Morgan fingerprint density at radius 2 is 1.85 bits per heavy atom. The van der Waals surface area contributed by atoms with Crippen molar-refractivity contribution in [2.75, 3.05) is 18.0 Å². The Morgan fingerprint density at radius 1 is 1.12 bits per heavy atom. The Labute approximate surface area is 244 Å². The normalized spacial score (nSPS) is 40.5. The molecule has 4 fully saturated rings. The summed E-state index contributed by atoms with van der Waals surface area (Å²) in [6.45, 7) is 14.6. The molecule has 0 aromatic heterocycles. The van der Waals surface area contributed by atoms with Crippen LogP contribution in [0.3, 0.4) is 0 Å². The molecular weight excluding hydrogens is 516 g/mol. The summed E-state index contributed by atoms with van der Waals surface area (Å²) in [7, 11) is 0. The van der Waals surface area contributed by atoms with Crippen LogP contribution < -0.4 is 4.90 Å². The molecule has 1 aromatic carbocycles. The predicted molar refractivity (Wildman–Crippen MR) is 157 cm³/mol. The zero-order chi connectivity index (χ0) is 29.3. The number of nitrogens with zero attached hydrogens (tertiary/aromatic N) is 2. The first-order valence-corrected chi connectivity index (χ1v) is 15.7. The van der Waals surface area contributed by atoms with Gasteiger partial charge in [-0.3, -0.25) is 9.59 Å². The van der Waals surface area contributed by atoms with E-state index in [1.54, 1.807) is 6.08 Å². The Morgan fingerprint density at radius 3 is 2.56 bits per heavy atom. The van der Waals surface area contributed by atoms with Gasteiger partial charge in [-0.25, -0.2) is 9.69 Å². The molecule has 3 aliphatic carbocycles. The number of ketones is 1. The Bertz CT molecular complexity index is 1270. The number of hydrogen-bond donors (Lipinski definition) is 1. The molecule has 1 N–H and O–H groups in total. The summed E-state index contributed by atoms with van der Waals surface area (Å²) in [4.78, 5) is 44.6. The molecule has 2 amide bonds. The topological polar surface area (TPSA) is 87.2 Å². The molecule has 2 bridgehead atoms. The molecule has 41 heavy (non-hydrogen) atoms. The second kappa shape index (κ2) is 9.96. The van der Waals surface area contributed by atoms with Gasteiger partial charge < -0.3 is 14.7 Å². The fourth-order valence-corrected chi connectivity index (χ4v) is 9.49. The summed E-state index contributed by atoms with van der Waals surface area (Å²) in [6, 6.07) is 5.87. The molecule has 2 aliphatic heterocycles. The second-order valence-electron chi connectivity index (χ2n) is 14.2. The van der Waals surface area contributed by atoms with Crippen molar-refractivity contribution < 1.29 is 24.2 Å². The van der Waals surface area contributed by atoms with E-state index in [2.05, 4.69) is 32.3 Å². The first-order chi connectivity index (χ1) is 19.5. The zero-order valence-electron chi connectivity index (χ0n) is 25.2. The van der Waals surface area contributed by atoms with Crippen LogP contribution >= 0.6 is 0 Å². The highest BCUT2D eigenvalue weighted by atomic mass is 16.6. The van der Waals surface area contributed by atoms with E-state index in [9.17, 15) is 19.5 Å². The van der Waals surface area contributed by atoms with Gasteiger partial charge in [0.15, 0.2) is 0 Å². The molecule has 2 heterocycles. The van der Waals surface area contributed by atoms with Gasteiger partial charge in [-0.15, -0.1) is 6.58 Å². The number of carbonyl (C=O) groups is 3. The smallest absolute Gasteiger partial charge is 0.417 e. The summed E-state index contributed by atoms with van der Waals surface area (Å²) in [5.74, 6) is -0.371. The van der Waals surface area contributed by atoms with Crippen LogP contribution in [0.2, 0.25) is 0 Å². The molecule has 1 aromatic rings. The fraction of sp³-hybridized carbons (Fsp3) is 0.676. The number of aliphatic hydroxyl groups is 1. The standard InChI is InChI=1S/C34H46N2O5/c1-6-32(4)19-27(33(5)21(2)12-14-34(22(3)29(32)38)15-13-26(37)28(33)34)41-31(40)36-20-23-18-24(10-11-25(23)30(36)39)35-16-8-7-9-17-35/h6,10-11,18,21-22,27-29,38H,1,7-9,12-17,19-20H2,2-5H3/t21-,22+,27-,28+,29+,32-,33+,34+/m1/s1. The average molecular weight is 563 g/mol. The molecule has 7 heteroatoms. The third-order valence-corrected chi connectivity index (χ3v) is 12.4. The third-order valence-electron chi connectivity index (χ3n) is 12.4. The highest BCUT2D eigenvalue weighted by Crippen LogP contribution is 2.68. The minimum Gasteiger partial charge on any atom is -0.445 e. The molecule has 6 rings (SSSR count). The Hall–Kier alpha value is -2.67. The minimum absolute atomic E-state index is 0.0887. The highest BCUT2D eigenvalue weighted by Gasteiger charge is 2.68. The van der Waals surface area contributed by atoms with Crippen LogP contribution in [0.15, 0.2) is 30.9 Å². The van der Waals surface area contributed by atoms with Crippen LogP contribution in [0.4, 0.5) is 10.5 Å². The van der Waals surface area contributed by atoms with Crippen molar-refractivity contribution in [3.63, 3.8) is 0 Å². The first kappa shape index (κ1) is 28.4. The average Bonchev–Trinajstić information content (AvgIpc) is 3.51. The zero-order valence-corrected chi connectivity index (χ0v) is 25.2. The Kier molecular flexibility index (Phi) is 6.91. The van der Waals surface area contributed by atoms with Crippen molar-refractivity contribution in [2.24, 2.45) is 34.0 Å². The number of Topliss-reactive ketones (excluding diaryl/α,β-unsaturated/α-hetero) is 1. The van der Waals surface area contributed by atoms with Gasteiger partial charge in [0.25, 0.3) is 5.91 Å². The number of benzene rings is 1. The summed E-state index contributed by atoms with van der Waals surface area (Å²) in [5, 5.41) is 11.8. The van der Waals surface area contributed by atoms with Crippen LogP contribution in [0.5, 0.6) is 0 Å². The summed E-state index contributed by atoms with van der Waals surface area (Å²) >= 11 is 0. The van der Waals surface area contributed by atoms with Crippen LogP contribution in [-0.2, 0) is 16.1 Å². The van der Waals surface area contributed by atoms with Gasteiger partial charge in [-0.2, -0.15) is 0 Å². The van der Waals surface area contributed by atoms with Crippen molar-refractivity contribution in [1.82, 2.24) is 4.90 Å². The lowest BCUT2D eigenvalue weighted by Gasteiger charge is -2.61. The molecule has 0 spiro atoms. The van der Waals surface area contributed by atoms with E-state index >= 15 is 0 Å². The lowest BCUT2D eigenvalue weighted by Crippen LogP contribution is -2.63. The van der Waals surface area contributed by atoms with E-state index < -0.39 is 29.1 Å². The van der Waals surface area contributed by atoms with Gasteiger partial charge in [0, 0.05) is 47.5 Å². The summed E-state index contributed by atoms with van der Waals surface area (Å²) < 4.78 is 6.40. The monoisotopic (exact) mass is 562 g/mol. The number of hydrogen-bond acceptors (Lipinski definition) is 6. The maximum Gasteiger partial charge on any atom is 0.417 e. The first-order valence-electron chi connectivity index (χ1n) is 15.7. The van der Waals surface area contributed by atoms with Gasteiger partial charge in [0.1, 0.15) is 11.9 Å². The number of piperidine rings is 1. The van der Waals surface area contributed by atoms with Gasteiger partial charge in [0.2, 0.25) is 0 Å². The maximum atomic E-state index is 13.9. The number of rotatable bonds is 3. The predicted octanol–water partition coefficient (Wildman–Crippen LogP) is 6.13. The number of carbonyl (C=O) groups excluding carboxylic acids is 3. The van der Waals surface area contributed by atoms with Gasteiger partial charge >= 0.3 is 6.09 Å². The van der Waals surface area contributed by atoms with Gasteiger partial charge in [0.05, 0.1) is 12.6 Å². The number of ether oxygens (including phenoxy) is 1. The van der Waals surface area contributed by atoms with Gasteiger partial charge in [-0.1, -0.05) is 33.8 Å². The quantitative estimate of drug-likeness (QED) is 0.446. The molecule has 0 unspecified atom stereocenters. The number of amides is 2. The SMILES string of the molecule is C=C[C@]1(C)C[C@@H](OC(=O)N2Cc3cc(N4CCCCC4)ccc3C2=O)[C@]2(C)[C@H](C)CC[C@]3(CCC(=O)[C@H]32)[C@@H](C)[C@@H]1O. The van der Waals surface area contributed by atoms with Crippen LogP contribution in [0.25, 0.3) is 0 Å². The van der Waals surface area contributed by atoms with Crippen molar-refractivity contribution in [1.29, 1.82) is 0 Å². The van der Waals surface area contributed by atoms with Crippen LogP contribution in [0.1, 0.15) is 95.0 Å². The molecule has 3 saturated carbocycles. The molecule has 5 aliphatic rings. The molecular formula is C34H46N2O5. The maximum absolute atomic E-state index is 13.9. The molecule has 1 saturated heterocycles. The van der Waals surface area contributed by atoms with Crippen molar-refractivity contribution in [3.05, 3.63) is 42.0 Å². The van der Waals surface area contributed by atoms with Crippen molar-refractivity contribution in [3.8, 4) is 0 Å². The Balaban J connectivity index is 1.32. The molecule has 0 radical (unpaired) electrons. The van der Waals surface area contributed by atoms with Crippen molar-refractivity contribution >= 4 is 23.5 Å². The number of imide groups is 1. The molecule has 222 valence electrons. The number of anilines is 1. The molecule has 7 nitrogen and oxygen atoms in total. The molecule has 8 atom stereocenters. The number of fused-ring (bicyclic) bond motifs is 1. The number of aliphatic hydroxyl groups excluding tert-OH is 1. The minimum atomic E-state index is -0.724. The van der Waals surface area contributed by atoms with E-state index in [-0.39, 0.29) is 41.4 Å². The van der Waals surface area contributed by atoms with Gasteiger partial charge in [-0.05, 0) is 86.0 Å². The van der Waals surface area contributed by atoms with Crippen LogP contribution in [0, 0.1) is 34.0 Å². The fourth-order valence-electron chi connectivity index (χ4n) is 9.49. The lowest BCUT2D eigenvalue weighted by atomic mass is 9.44. The third kappa shape index (κ3) is 4.12. The van der Waals surface area contributed by atoms with E-state index in [4.69, 9.17) is 4.74 Å². The summed E-state index contributed by atoms with van der Waals surface area (Å²) in [6.07, 6.45) is 6.71. The van der Waals surface area contributed by atoms with E-state index in [1.807, 2.05) is 25.1 Å². The van der Waals surface area contributed by atoms with E-state index in [0.717, 1.165) is 56.4 Å². The van der Waals surface area contributed by atoms with E-state index in [0.29, 0.717) is 18.4 Å².